The zero-order valence-electron chi connectivity index (χ0n) is 7.40. The van der Waals surface area contributed by atoms with Gasteiger partial charge in [0.25, 0.3) is 0 Å². The van der Waals surface area contributed by atoms with Crippen molar-refractivity contribution in [1.29, 1.82) is 0 Å². The highest BCUT2D eigenvalue weighted by Gasteiger charge is 2.11. The minimum Gasteiger partial charge on any atom is -0.507 e. The highest BCUT2D eigenvalue weighted by atomic mass is 16.3. The Kier molecular flexibility index (Phi) is 1.34. The fourth-order valence-corrected chi connectivity index (χ4v) is 1.78. The van der Waals surface area contributed by atoms with Gasteiger partial charge in [-0.05, 0) is 17.7 Å². The summed E-state index contributed by atoms with van der Waals surface area (Å²) in [5.41, 5.74) is 2.76. The van der Waals surface area contributed by atoms with E-state index < -0.39 is 0 Å². The van der Waals surface area contributed by atoms with E-state index >= 15 is 0 Å². The molecule has 1 heterocycles. The number of hydrogen-bond donors (Lipinski definition) is 1. The SMILES string of the molecule is Oc1cccc2occ3cccc-3c12. The molecule has 0 spiro atoms. The number of phenolic OH excluding ortho intramolecular Hbond substituents is 1. The zero-order chi connectivity index (χ0) is 9.54. The van der Waals surface area contributed by atoms with E-state index in [1.165, 1.54) is 0 Å². The summed E-state index contributed by atoms with van der Waals surface area (Å²) in [5, 5.41) is 10.5. The normalized spacial score (nSPS) is 11.1. The molecule has 0 fully saturated rings. The van der Waals surface area contributed by atoms with E-state index in [0.29, 0.717) is 5.58 Å². The Bertz CT molecular complexity index is 566. The molecule has 1 aromatic carbocycles. The van der Waals surface area contributed by atoms with Crippen LogP contribution in [0.15, 0.2) is 47.1 Å². The van der Waals surface area contributed by atoms with Crippen LogP contribution in [0.2, 0.25) is 0 Å². The molecule has 2 heteroatoms. The third-order valence-corrected chi connectivity index (χ3v) is 2.44. The Morgan fingerprint density at radius 2 is 1.86 bits per heavy atom. The Morgan fingerprint density at radius 3 is 2.79 bits per heavy atom. The summed E-state index contributed by atoms with van der Waals surface area (Å²) in [6.07, 6.45) is 1.71. The Hall–Kier alpha value is -1.96. The molecule has 0 aromatic heterocycles. The molecule has 0 amide bonds. The maximum atomic E-state index is 9.73. The average molecular weight is 184 g/mol. The smallest absolute Gasteiger partial charge is 0.138 e. The van der Waals surface area contributed by atoms with Crippen molar-refractivity contribution < 1.29 is 9.52 Å². The summed E-state index contributed by atoms with van der Waals surface area (Å²) in [7, 11) is 0. The van der Waals surface area contributed by atoms with Crippen molar-refractivity contribution >= 4 is 11.0 Å². The first kappa shape index (κ1) is 7.44. The number of phenols is 1. The third-order valence-electron chi connectivity index (χ3n) is 2.44. The number of rotatable bonds is 0. The average Bonchev–Trinajstić information content (AvgIpc) is 2.65. The fraction of sp³-hybridized carbons (Fsp3) is 0. The molecule has 0 bridgehead atoms. The van der Waals surface area contributed by atoms with Gasteiger partial charge in [-0.3, -0.25) is 0 Å². The zero-order valence-corrected chi connectivity index (χ0v) is 7.40. The van der Waals surface area contributed by atoms with E-state index in [2.05, 4.69) is 0 Å². The van der Waals surface area contributed by atoms with Crippen molar-refractivity contribution in [1.82, 2.24) is 0 Å². The molecule has 0 atom stereocenters. The molecule has 2 nitrogen and oxygen atoms in total. The van der Waals surface area contributed by atoms with Gasteiger partial charge in [0.1, 0.15) is 11.3 Å². The van der Waals surface area contributed by atoms with Crippen LogP contribution >= 0.6 is 0 Å². The molecule has 0 saturated heterocycles. The minimum absolute atomic E-state index is 0.267. The van der Waals surface area contributed by atoms with Crippen LogP contribution in [0.5, 0.6) is 5.75 Å². The quantitative estimate of drug-likeness (QED) is 0.581. The number of benzene rings is 1. The summed E-state index contributed by atoms with van der Waals surface area (Å²) in [5.74, 6) is 0.267. The van der Waals surface area contributed by atoms with Gasteiger partial charge in [-0.15, -0.1) is 0 Å². The van der Waals surface area contributed by atoms with Crippen LogP contribution in [-0.4, -0.2) is 5.11 Å². The van der Waals surface area contributed by atoms with Crippen LogP contribution in [-0.2, 0) is 0 Å². The predicted octanol–water partition coefficient (Wildman–Crippen LogP) is 3.24. The maximum absolute atomic E-state index is 9.73. The van der Waals surface area contributed by atoms with Crippen LogP contribution in [0.1, 0.15) is 0 Å². The van der Waals surface area contributed by atoms with Gasteiger partial charge in [0.15, 0.2) is 0 Å². The van der Waals surface area contributed by atoms with Crippen molar-refractivity contribution in [2.45, 2.75) is 0 Å². The first-order chi connectivity index (χ1) is 6.86. The lowest BCUT2D eigenvalue weighted by atomic mass is 10.1. The lowest BCUT2D eigenvalue weighted by Gasteiger charge is -2.05. The van der Waals surface area contributed by atoms with Crippen molar-refractivity contribution in [2.24, 2.45) is 0 Å². The summed E-state index contributed by atoms with van der Waals surface area (Å²) in [6.45, 7) is 0. The maximum Gasteiger partial charge on any atom is 0.138 e. The molecule has 0 radical (unpaired) electrons. The Balaban J connectivity index is 2.59. The fourth-order valence-electron chi connectivity index (χ4n) is 1.78. The van der Waals surface area contributed by atoms with E-state index in [-0.39, 0.29) is 5.75 Å². The van der Waals surface area contributed by atoms with E-state index in [9.17, 15) is 5.11 Å². The lowest BCUT2D eigenvalue weighted by Crippen LogP contribution is -1.79. The van der Waals surface area contributed by atoms with Crippen LogP contribution in [0.4, 0.5) is 0 Å². The number of hydrogen-bond acceptors (Lipinski definition) is 2. The van der Waals surface area contributed by atoms with Crippen molar-refractivity contribution in [3.05, 3.63) is 42.7 Å². The van der Waals surface area contributed by atoms with E-state index in [4.69, 9.17) is 4.42 Å². The van der Waals surface area contributed by atoms with E-state index in [0.717, 1.165) is 16.5 Å². The summed E-state index contributed by atoms with van der Waals surface area (Å²) in [6, 6.07) is 11.2. The van der Waals surface area contributed by atoms with E-state index in [1.807, 2.05) is 24.3 Å². The molecule has 1 aliphatic carbocycles. The summed E-state index contributed by atoms with van der Waals surface area (Å²) >= 11 is 0. The molecule has 3 rings (SSSR count). The van der Waals surface area contributed by atoms with Gasteiger partial charge in [-0.1, -0.05) is 24.3 Å². The molecule has 68 valence electrons. The molecular formula is C12H8O2. The van der Waals surface area contributed by atoms with Crippen molar-refractivity contribution in [2.75, 3.05) is 0 Å². The Labute approximate surface area is 80.7 Å². The molecule has 2 aliphatic rings. The first-order valence-corrected chi connectivity index (χ1v) is 4.44. The van der Waals surface area contributed by atoms with Gasteiger partial charge < -0.3 is 9.52 Å². The van der Waals surface area contributed by atoms with Gasteiger partial charge in [-0.25, -0.2) is 0 Å². The summed E-state index contributed by atoms with van der Waals surface area (Å²) < 4.78 is 5.40. The van der Waals surface area contributed by atoms with Crippen molar-refractivity contribution in [3.63, 3.8) is 0 Å². The molecular weight excluding hydrogens is 176 g/mol. The van der Waals surface area contributed by atoms with Gasteiger partial charge in [-0.2, -0.15) is 0 Å². The lowest BCUT2D eigenvalue weighted by molar-refractivity contribution is 0.480. The van der Waals surface area contributed by atoms with Gasteiger partial charge >= 0.3 is 0 Å². The molecule has 0 unspecified atom stereocenters. The molecule has 1 aromatic rings. The summed E-state index contributed by atoms with van der Waals surface area (Å²) in [4.78, 5) is 0. The van der Waals surface area contributed by atoms with Crippen molar-refractivity contribution in [3.8, 4) is 16.9 Å². The van der Waals surface area contributed by atoms with Crippen LogP contribution in [0, 0.1) is 0 Å². The minimum atomic E-state index is 0.267. The highest BCUT2D eigenvalue weighted by Crippen LogP contribution is 2.36. The van der Waals surface area contributed by atoms with Gasteiger partial charge in [0.05, 0.1) is 11.6 Å². The van der Waals surface area contributed by atoms with Crippen LogP contribution in [0.3, 0.4) is 0 Å². The largest absolute Gasteiger partial charge is 0.507 e. The molecule has 0 saturated carbocycles. The Morgan fingerprint density at radius 1 is 1.00 bits per heavy atom. The van der Waals surface area contributed by atoms with E-state index in [1.54, 1.807) is 18.4 Å². The predicted molar refractivity (Wildman–Crippen MR) is 54.5 cm³/mol. The molecule has 14 heavy (non-hydrogen) atoms. The van der Waals surface area contributed by atoms with Crippen LogP contribution < -0.4 is 0 Å². The third kappa shape index (κ3) is 0.852. The standard InChI is InChI=1S/C12H8O2/c13-10-5-2-6-11-12(10)9-4-1-3-8(9)7-14-11/h1-7,13H. The number of aromatic hydroxyl groups is 1. The molecule has 1 aliphatic heterocycles. The van der Waals surface area contributed by atoms with Crippen LogP contribution in [0.25, 0.3) is 22.1 Å². The van der Waals surface area contributed by atoms with Gasteiger partial charge in [0.2, 0.25) is 0 Å². The molecule has 1 N–H and O–H groups in total. The monoisotopic (exact) mass is 184 g/mol. The highest BCUT2D eigenvalue weighted by molar-refractivity contribution is 5.98. The topological polar surface area (TPSA) is 33.4 Å². The second kappa shape index (κ2) is 2.51. The number of fused-ring (bicyclic) bond motifs is 3. The van der Waals surface area contributed by atoms with Gasteiger partial charge in [0, 0.05) is 5.56 Å². The first-order valence-electron chi connectivity index (χ1n) is 4.44. The second-order valence-electron chi connectivity index (χ2n) is 3.28. The second-order valence-corrected chi connectivity index (χ2v) is 3.28.